The number of nitrogens with zero attached hydrogens (tertiary/aromatic N) is 1. The fraction of sp³-hybridized carbons (Fsp3) is 0.607. The van der Waals surface area contributed by atoms with Gasteiger partial charge in [0.25, 0.3) is 0 Å². The SMILES string of the molecule is C=CN(CCOC(=O)CCC(CC)CCC)C(/C=C/CCc1ccc(F)cc1)CC.CC. The van der Waals surface area contributed by atoms with Gasteiger partial charge in [-0.3, -0.25) is 4.79 Å². The van der Waals surface area contributed by atoms with Crippen molar-refractivity contribution in [3.63, 3.8) is 0 Å². The third kappa shape index (κ3) is 13.3. The second-order valence-electron chi connectivity index (χ2n) is 7.81. The first-order valence-corrected chi connectivity index (χ1v) is 12.5. The molecule has 0 saturated carbocycles. The van der Waals surface area contributed by atoms with Gasteiger partial charge in [0, 0.05) is 12.5 Å². The molecule has 0 aliphatic rings. The summed E-state index contributed by atoms with van der Waals surface area (Å²) < 4.78 is 18.4. The van der Waals surface area contributed by atoms with Gasteiger partial charge >= 0.3 is 5.97 Å². The largest absolute Gasteiger partial charge is 0.464 e. The molecule has 1 rings (SSSR count). The second-order valence-corrected chi connectivity index (χ2v) is 7.81. The molecular weight excluding hydrogens is 401 g/mol. The lowest BCUT2D eigenvalue weighted by molar-refractivity contribution is -0.144. The van der Waals surface area contributed by atoms with E-state index in [1.165, 1.54) is 18.6 Å². The van der Waals surface area contributed by atoms with Crippen LogP contribution in [0.5, 0.6) is 0 Å². The summed E-state index contributed by atoms with van der Waals surface area (Å²) in [5.74, 6) is 0.321. The minimum atomic E-state index is -0.200. The molecule has 3 nitrogen and oxygen atoms in total. The van der Waals surface area contributed by atoms with Crippen LogP contribution in [-0.2, 0) is 16.0 Å². The predicted octanol–water partition coefficient (Wildman–Crippen LogP) is 7.71. The van der Waals surface area contributed by atoms with Crippen molar-refractivity contribution in [3.8, 4) is 0 Å². The number of halogens is 1. The number of aryl methyl sites for hydroxylation is 1. The van der Waals surface area contributed by atoms with Crippen LogP contribution < -0.4 is 0 Å². The van der Waals surface area contributed by atoms with E-state index >= 15 is 0 Å². The third-order valence-corrected chi connectivity index (χ3v) is 5.59. The van der Waals surface area contributed by atoms with Crippen molar-refractivity contribution >= 4 is 5.97 Å². The molecule has 1 aromatic carbocycles. The number of esters is 1. The standard InChI is InChI=1S/C26H40FNO2.C2H6/c1-5-11-22(6-2)16-19-26(29)30-21-20-28(8-4)25(7-3)13-10-9-12-23-14-17-24(27)18-15-23;1-2/h8,10,13-15,17-18,22,25H,4-7,9,11-12,16,19-21H2,1-3H3;1-2H3/b13-10+;. The van der Waals surface area contributed by atoms with Crippen molar-refractivity contribution < 1.29 is 13.9 Å². The lowest BCUT2D eigenvalue weighted by atomic mass is 9.95. The summed E-state index contributed by atoms with van der Waals surface area (Å²) in [6.07, 6.45) is 13.8. The minimum Gasteiger partial charge on any atom is -0.464 e. The number of benzene rings is 1. The second kappa shape index (κ2) is 19.6. The van der Waals surface area contributed by atoms with Gasteiger partial charge in [0.15, 0.2) is 0 Å². The molecule has 0 aliphatic heterocycles. The Kier molecular flexibility index (Phi) is 18.3. The molecule has 182 valence electrons. The van der Waals surface area contributed by atoms with Gasteiger partial charge in [-0.25, -0.2) is 4.39 Å². The van der Waals surface area contributed by atoms with Gasteiger partial charge in [-0.1, -0.05) is 84.7 Å². The van der Waals surface area contributed by atoms with Crippen LogP contribution in [0.3, 0.4) is 0 Å². The molecule has 0 spiro atoms. The lowest BCUT2D eigenvalue weighted by Crippen LogP contribution is -2.32. The predicted molar refractivity (Wildman–Crippen MR) is 135 cm³/mol. The fourth-order valence-corrected chi connectivity index (χ4v) is 3.65. The molecule has 0 fully saturated rings. The van der Waals surface area contributed by atoms with Crippen LogP contribution in [0.25, 0.3) is 0 Å². The average Bonchev–Trinajstić information content (AvgIpc) is 2.82. The summed E-state index contributed by atoms with van der Waals surface area (Å²) in [7, 11) is 0. The Hall–Kier alpha value is -2.10. The number of ether oxygens (including phenoxy) is 1. The quantitative estimate of drug-likeness (QED) is 0.192. The lowest BCUT2D eigenvalue weighted by Gasteiger charge is -2.27. The maximum Gasteiger partial charge on any atom is 0.305 e. The van der Waals surface area contributed by atoms with Crippen molar-refractivity contribution in [3.05, 3.63) is 60.6 Å². The fourth-order valence-electron chi connectivity index (χ4n) is 3.65. The van der Waals surface area contributed by atoms with Gasteiger partial charge in [0.05, 0.1) is 6.54 Å². The van der Waals surface area contributed by atoms with Crippen LogP contribution in [0, 0.1) is 11.7 Å². The van der Waals surface area contributed by atoms with Crippen LogP contribution in [-0.4, -0.2) is 30.1 Å². The van der Waals surface area contributed by atoms with Crippen molar-refractivity contribution in [2.45, 2.75) is 92.0 Å². The molecule has 0 bridgehead atoms. The summed E-state index contributed by atoms with van der Waals surface area (Å²) in [6, 6.07) is 6.89. The molecule has 0 aliphatic carbocycles. The highest BCUT2D eigenvalue weighted by atomic mass is 19.1. The smallest absolute Gasteiger partial charge is 0.305 e. The topological polar surface area (TPSA) is 29.5 Å². The highest BCUT2D eigenvalue weighted by molar-refractivity contribution is 5.69. The molecule has 0 saturated heterocycles. The number of hydrogen-bond acceptors (Lipinski definition) is 3. The average molecular weight is 448 g/mol. The molecule has 4 heteroatoms. The molecule has 2 atom stereocenters. The van der Waals surface area contributed by atoms with Gasteiger partial charge in [0.1, 0.15) is 12.4 Å². The van der Waals surface area contributed by atoms with E-state index in [2.05, 4.69) is 44.4 Å². The summed E-state index contributed by atoms with van der Waals surface area (Å²) in [6.45, 7) is 15.5. The molecule has 1 aromatic rings. The molecule has 0 amide bonds. The maximum absolute atomic E-state index is 13.0. The van der Waals surface area contributed by atoms with Crippen molar-refractivity contribution in [1.29, 1.82) is 0 Å². The first kappa shape index (κ1) is 29.9. The van der Waals surface area contributed by atoms with Gasteiger partial charge in [-0.05, 0) is 55.5 Å². The summed E-state index contributed by atoms with van der Waals surface area (Å²) in [5, 5.41) is 0. The summed E-state index contributed by atoms with van der Waals surface area (Å²) in [5.41, 5.74) is 1.13. The van der Waals surface area contributed by atoms with Crippen LogP contribution >= 0.6 is 0 Å². The Morgan fingerprint density at radius 2 is 1.81 bits per heavy atom. The zero-order chi connectivity index (χ0) is 24.2. The van der Waals surface area contributed by atoms with Gasteiger partial charge in [-0.15, -0.1) is 0 Å². The molecule has 0 heterocycles. The molecule has 0 radical (unpaired) electrons. The van der Waals surface area contributed by atoms with Crippen LogP contribution in [0.15, 0.2) is 49.2 Å². The van der Waals surface area contributed by atoms with Crippen LogP contribution in [0.2, 0.25) is 0 Å². The van der Waals surface area contributed by atoms with E-state index < -0.39 is 0 Å². The van der Waals surface area contributed by atoms with Crippen LogP contribution in [0.1, 0.15) is 85.1 Å². The van der Waals surface area contributed by atoms with Crippen molar-refractivity contribution in [2.24, 2.45) is 5.92 Å². The first-order chi connectivity index (χ1) is 15.5. The van der Waals surface area contributed by atoms with Crippen molar-refractivity contribution in [1.82, 2.24) is 4.90 Å². The number of carbonyl (C=O) groups excluding carboxylic acids is 1. The molecule has 0 N–H and O–H groups in total. The Balaban J connectivity index is 0.00000466. The highest BCUT2D eigenvalue weighted by Crippen LogP contribution is 2.17. The van der Waals surface area contributed by atoms with E-state index in [1.54, 1.807) is 0 Å². The third-order valence-electron chi connectivity index (χ3n) is 5.59. The highest BCUT2D eigenvalue weighted by Gasteiger charge is 2.12. The zero-order valence-corrected chi connectivity index (χ0v) is 21.1. The summed E-state index contributed by atoms with van der Waals surface area (Å²) in [4.78, 5) is 14.2. The summed E-state index contributed by atoms with van der Waals surface area (Å²) >= 11 is 0. The van der Waals surface area contributed by atoms with E-state index in [0.29, 0.717) is 25.5 Å². The Bertz CT molecular complexity index is 627. The van der Waals surface area contributed by atoms with Crippen molar-refractivity contribution in [2.75, 3.05) is 13.2 Å². The van der Waals surface area contributed by atoms with Gasteiger partial charge in [0.2, 0.25) is 0 Å². The van der Waals surface area contributed by atoms with E-state index in [9.17, 15) is 9.18 Å². The zero-order valence-electron chi connectivity index (χ0n) is 21.1. The van der Waals surface area contributed by atoms with Gasteiger partial charge in [-0.2, -0.15) is 0 Å². The minimum absolute atomic E-state index is 0.101. The van der Waals surface area contributed by atoms with Crippen LogP contribution in [0.4, 0.5) is 4.39 Å². The molecule has 0 aromatic heterocycles. The van der Waals surface area contributed by atoms with E-state index in [4.69, 9.17) is 4.74 Å². The molecule has 32 heavy (non-hydrogen) atoms. The molecular formula is C28H46FNO2. The number of hydrogen-bond donors (Lipinski definition) is 0. The van der Waals surface area contributed by atoms with E-state index in [-0.39, 0.29) is 17.8 Å². The van der Waals surface area contributed by atoms with E-state index in [0.717, 1.165) is 44.1 Å². The number of allylic oxidation sites excluding steroid dienone is 1. The van der Waals surface area contributed by atoms with E-state index in [1.807, 2.05) is 32.2 Å². The Morgan fingerprint density at radius 3 is 2.38 bits per heavy atom. The number of carbonyl (C=O) groups is 1. The first-order valence-electron chi connectivity index (χ1n) is 12.5. The molecule has 2 unspecified atom stereocenters. The monoisotopic (exact) mass is 447 g/mol. The number of rotatable bonds is 16. The normalized spacial score (nSPS) is 12.6. The maximum atomic E-state index is 13.0. The Labute approximate surface area is 196 Å². The Morgan fingerprint density at radius 1 is 1.12 bits per heavy atom. The van der Waals surface area contributed by atoms with Gasteiger partial charge < -0.3 is 9.64 Å².